The molecule has 9 aromatic rings. The Morgan fingerprint density at radius 3 is 1.56 bits per heavy atom. The van der Waals surface area contributed by atoms with Gasteiger partial charge in [-0.15, -0.1) is 0 Å². The van der Waals surface area contributed by atoms with Crippen LogP contribution in [0.4, 0.5) is 34.1 Å². The van der Waals surface area contributed by atoms with Crippen molar-refractivity contribution in [3.8, 4) is 11.1 Å². The Morgan fingerprint density at radius 2 is 0.949 bits per heavy atom. The number of benzene rings is 8. The van der Waals surface area contributed by atoms with E-state index in [4.69, 9.17) is 4.42 Å². The van der Waals surface area contributed by atoms with E-state index in [1.54, 1.807) is 0 Å². The highest BCUT2D eigenvalue weighted by molar-refractivity contribution is 7.00. The van der Waals surface area contributed by atoms with E-state index in [0.29, 0.717) is 0 Å². The second kappa shape index (κ2) is 16.3. The van der Waals surface area contributed by atoms with Crippen molar-refractivity contribution in [1.29, 1.82) is 0 Å². The molecule has 0 bridgehead atoms. The van der Waals surface area contributed by atoms with Gasteiger partial charge in [-0.1, -0.05) is 177 Å². The molecule has 79 heavy (non-hydrogen) atoms. The molecule has 0 spiro atoms. The number of hydrogen-bond acceptors (Lipinski definition) is 3. The van der Waals surface area contributed by atoms with Crippen LogP contribution in [0.5, 0.6) is 0 Å². The summed E-state index contributed by atoms with van der Waals surface area (Å²) in [7, 11) is 0. The van der Waals surface area contributed by atoms with Crippen LogP contribution in [0, 0.1) is 6.92 Å². The van der Waals surface area contributed by atoms with E-state index in [1.165, 1.54) is 122 Å². The van der Waals surface area contributed by atoms with E-state index in [2.05, 4.69) is 248 Å². The normalized spacial score (nSPS) is 19.6. The van der Waals surface area contributed by atoms with Crippen LogP contribution in [0.3, 0.4) is 0 Å². The molecule has 0 saturated carbocycles. The lowest BCUT2D eigenvalue weighted by Crippen LogP contribution is -2.61. The lowest BCUT2D eigenvalue weighted by Gasteiger charge is -2.47. The molecule has 1 aromatic heterocycles. The van der Waals surface area contributed by atoms with Crippen molar-refractivity contribution in [1.82, 2.24) is 0 Å². The largest absolute Gasteiger partial charge is 0.468 e. The third kappa shape index (κ3) is 7.36. The molecule has 0 unspecified atom stereocenters. The smallest absolute Gasteiger partial charge is 0.297 e. The van der Waals surface area contributed by atoms with Gasteiger partial charge in [-0.2, -0.15) is 0 Å². The third-order valence-electron chi connectivity index (χ3n) is 21.0. The van der Waals surface area contributed by atoms with E-state index < -0.39 is 0 Å². The zero-order chi connectivity index (χ0) is 55.5. The summed E-state index contributed by atoms with van der Waals surface area (Å²) >= 11 is 0. The molecule has 2 aliphatic heterocycles. The van der Waals surface area contributed by atoms with E-state index in [1.807, 2.05) is 0 Å². The number of aryl methyl sites for hydroxylation is 1. The van der Waals surface area contributed by atoms with Gasteiger partial charge in [0.15, 0.2) is 0 Å². The molecule has 0 N–H and O–H groups in total. The maximum Gasteiger partial charge on any atom is 0.297 e. The number of nitrogens with zero attached hydrogens (tertiary/aromatic N) is 2. The SMILES string of the molecule is Cc1cc2c3c(c1)N(c1ccc(C(C)(C)C)cc1)c1c(oc4cc5c(cc14)C(C)(C)CCC5(C)C)B3c1cc3c(cc1N2c1cc2c(cc1-c1cccc4c1ccc1ccccc14)C(C)(C)CCC2(C)C)C(C)(C)CCC3(C)C. The summed E-state index contributed by atoms with van der Waals surface area (Å²) in [6.07, 6.45) is 6.86. The zero-order valence-electron chi connectivity index (χ0n) is 50.2. The monoisotopic (exact) mass is 1040 g/mol. The Labute approximate surface area is 471 Å². The molecular formula is C75H81BN2O. The first-order valence-electron chi connectivity index (χ1n) is 29.9. The highest BCUT2D eigenvalue weighted by Gasteiger charge is 2.51. The standard InChI is InChI=1S/C75H81BN2O/c1-44-36-63-66-64(37-44)78(61-41-57-54(70(5,6)30-33-73(57,11)12)38-52(61)50-23-19-22-49-48-21-18-17-20-45(48)24-29-51(49)50)62-42-58-56(72(9,10)32-34-74(58,13)14)40-60(62)76(66)68-67(77(63)47-27-25-46(26-28-47)69(2,3)4)53-39-55-59(43-65(53)79-68)75(15,16)35-31-71(55,7)8/h17-29,36-43H,30-35H2,1-16H3. The van der Waals surface area contributed by atoms with Gasteiger partial charge in [-0.05, 0) is 220 Å². The minimum absolute atomic E-state index is 0.00186. The van der Waals surface area contributed by atoms with Gasteiger partial charge in [0.05, 0.1) is 17.0 Å². The summed E-state index contributed by atoms with van der Waals surface area (Å²) in [5, 5.41) is 6.36. The summed E-state index contributed by atoms with van der Waals surface area (Å²) in [6.45, 7) is 38.9. The minimum Gasteiger partial charge on any atom is -0.468 e. The maximum atomic E-state index is 7.80. The molecule has 0 fully saturated rings. The Hall–Kier alpha value is -6.52. The molecule has 5 aliphatic rings. The molecule has 3 aliphatic carbocycles. The summed E-state index contributed by atoms with van der Waals surface area (Å²) in [5.74, 6) is 0. The molecule has 0 radical (unpaired) electrons. The molecule has 0 atom stereocenters. The fourth-order valence-corrected chi connectivity index (χ4v) is 15.7. The highest BCUT2D eigenvalue weighted by atomic mass is 16.3. The van der Waals surface area contributed by atoms with Gasteiger partial charge < -0.3 is 14.2 Å². The van der Waals surface area contributed by atoms with Crippen LogP contribution in [0.25, 0.3) is 43.6 Å². The molecule has 3 nitrogen and oxygen atoms in total. The van der Waals surface area contributed by atoms with Crippen molar-refractivity contribution in [2.75, 3.05) is 9.80 Å². The van der Waals surface area contributed by atoms with Gasteiger partial charge in [-0.25, -0.2) is 0 Å². The van der Waals surface area contributed by atoms with Crippen LogP contribution >= 0.6 is 0 Å². The van der Waals surface area contributed by atoms with Crippen LogP contribution in [0.1, 0.15) is 187 Å². The van der Waals surface area contributed by atoms with E-state index in [-0.39, 0.29) is 44.6 Å². The van der Waals surface area contributed by atoms with Crippen molar-refractivity contribution >= 4 is 89.9 Å². The van der Waals surface area contributed by atoms with E-state index in [9.17, 15) is 0 Å². The average Bonchev–Trinajstić information content (AvgIpc) is 2.76. The fourth-order valence-electron chi connectivity index (χ4n) is 15.7. The first-order chi connectivity index (χ1) is 37.2. The van der Waals surface area contributed by atoms with E-state index in [0.717, 1.165) is 55.5 Å². The molecule has 14 rings (SSSR count). The Kier molecular flexibility index (Phi) is 10.5. The number of anilines is 6. The average molecular weight is 1040 g/mol. The maximum absolute atomic E-state index is 7.80. The predicted molar refractivity (Wildman–Crippen MR) is 340 cm³/mol. The second-order valence-corrected chi connectivity index (χ2v) is 30.2. The van der Waals surface area contributed by atoms with Crippen molar-refractivity contribution < 1.29 is 4.42 Å². The Morgan fingerprint density at radius 1 is 0.430 bits per heavy atom. The van der Waals surface area contributed by atoms with Crippen LogP contribution in [0.15, 0.2) is 132 Å². The zero-order valence-corrected chi connectivity index (χ0v) is 50.2. The summed E-state index contributed by atoms with van der Waals surface area (Å²) in [5.41, 5.74) is 26.0. The van der Waals surface area contributed by atoms with Gasteiger partial charge >= 0.3 is 0 Å². The van der Waals surface area contributed by atoms with Gasteiger partial charge in [0, 0.05) is 33.7 Å². The molecular weight excluding hydrogens is 956 g/mol. The number of hydrogen-bond donors (Lipinski definition) is 0. The molecule has 0 amide bonds. The van der Waals surface area contributed by atoms with Gasteiger partial charge in [0.25, 0.3) is 6.71 Å². The molecule has 4 heteroatoms. The van der Waals surface area contributed by atoms with Crippen LogP contribution in [-0.4, -0.2) is 6.71 Å². The first-order valence-corrected chi connectivity index (χ1v) is 29.9. The number of rotatable bonds is 3. The van der Waals surface area contributed by atoms with Gasteiger partial charge in [0.2, 0.25) is 0 Å². The quantitative estimate of drug-likeness (QED) is 0.130. The summed E-state index contributed by atoms with van der Waals surface area (Å²) < 4.78 is 7.80. The predicted octanol–water partition coefficient (Wildman–Crippen LogP) is 19.1. The molecule has 0 saturated heterocycles. The first kappa shape index (κ1) is 50.7. The molecule has 8 aromatic carbocycles. The topological polar surface area (TPSA) is 19.6 Å². The fraction of sp³-hybridized carbons (Fsp3) is 0.387. The number of fused-ring (bicyclic) bond motifs is 12. The Bertz CT molecular complexity index is 4090. The van der Waals surface area contributed by atoms with E-state index >= 15 is 0 Å². The van der Waals surface area contributed by atoms with Crippen LogP contribution in [0.2, 0.25) is 0 Å². The summed E-state index contributed by atoms with van der Waals surface area (Å²) in [4.78, 5) is 5.38. The van der Waals surface area contributed by atoms with Crippen LogP contribution in [-0.2, 0) is 37.9 Å². The lowest BCUT2D eigenvalue weighted by atomic mass is 9.35. The van der Waals surface area contributed by atoms with Gasteiger partial charge in [-0.3, -0.25) is 0 Å². The third-order valence-corrected chi connectivity index (χ3v) is 21.0. The van der Waals surface area contributed by atoms with Crippen molar-refractivity contribution in [3.05, 3.63) is 172 Å². The second-order valence-electron chi connectivity index (χ2n) is 30.2. The van der Waals surface area contributed by atoms with Gasteiger partial charge in [0.1, 0.15) is 5.58 Å². The molecule has 3 heterocycles. The number of furan rings is 1. The minimum atomic E-state index is -0.158. The summed E-state index contributed by atoms with van der Waals surface area (Å²) in [6, 6.07) is 51.0. The lowest BCUT2D eigenvalue weighted by molar-refractivity contribution is 0.332. The Balaban J connectivity index is 1.14. The highest BCUT2D eigenvalue weighted by Crippen LogP contribution is 2.57. The van der Waals surface area contributed by atoms with Crippen molar-refractivity contribution in [2.45, 2.75) is 187 Å². The molecule has 400 valence electrons. The van der Waals surface area contributed by atoms with Crippen LogP contribution < -0.4 is 26.4 Å². The van der Waals surface area contributed by atoms with Crippen molar-refractivity contribution in [2.24, 2.45) is 0 Å². The van der Waals surface area contributed by atoms with Crippen molar-refractivity contribution in [3.63, 3.8) is 0 Å².